The molecule has 2 N–H and O–H groups in total. The van der Waals surface area contributed by atoms with Gasteiger partial charge >= 0.3 is 5.97 Å². The first-order valence-corrected chi connectivity index (χ1v) is 6.66. The second-order valence-electron chi connectivity index (χ2n) is 5.37. The molecule has 0 radical (unpaired) electrons. The van der Waals surface area contributed by atoms with E-state index in [-0.39, 0.29) is 5.69 Å². The molecular formula is C13H22N4O2. The lowest BCUT2D eigenvalue weighted by Gasteiger charge is -2.20. The lowest BCUT2D eigenvalue weighted by molar-refractivity contribution is 0.0596. The van der Waals surface area contributed by atoms with Crippen LogP contribution < -0.4 is 5.73 Å². The van der Waals surface area contributed by atoms with Gasteiger partial charge in [0, 0.05) is 19.1 Å². The van der Waals surface area contributed by atoms with E-state index in [2.05, 4.69) is 28.5 Å². The maximum Gasteiger partial charge on any atom is 0.360 e. The molecule has 1 aromatic heterocycles. The van der Waals surface area contributed by atoms with E-state index in [0.717, 1.165) is 26.1 Å². The summed E-state index contributed by atoms with van der Waals surface area (Å²) in [5, 5.41) is 0. The molecular weight excluding hydrogens is 244 g/mol. The molecule has 1 aliphatic rings. The van der Waals surface area contributed by atoms with Gasteiger partial charge in [-0.1, -0.05) is 0 Å². The zero-order valence-electron chi connectivity index (χ0n) is 11.8. The molecule has 1 fully saturated rings. The second kappa shape index (κ2) is 5.61. The summed E-state index contributed by atoms with van der Waals surface area (Å²) in [5.74, 6) is 0.478. The van der Waals surface area contributed by atoms with Crippen LogP contribution in [0.25, 0.3) is 0 Å². The first-order chi connectivity index (χ1) is 9.02. The number of hydrogen-bond donors (Lipinski definition) is 1. The summed E-state index contributed by atoms with van der Waals surface area (Å²) in [7, 11) is 1.33. The van der Waals surface area contributed by atoms with E-state index in [4.69, 9.17) is 5.73 Å². The van der Waals surface area contributed by atoms with Crippen molar-refractivity contribution in [2.75, 3.05) is 25.9 Å². The number of nitrogens with zero attached hydrogens (tertiary/aromatic N) is 3. The normalized spacial score (nSPS) is 20.1. The molecule has 6 nitrogen and oxygen atoms in total. The summed E-state index contributed by atoms with van der Waals surface area (Å²) in [5.41, 5.74) is 6.15. The van der Waals surface area contributed by atoms with Gasteiger partial charge in [0.15, 0.2) is 5.69 Å². The minimum atomic E-state index is -0.480. The highest BCUT2D eigenvalue weighted by molar-refractivity contribution is 5.91. The minimum Gasteiger partial charge on any atom is -0.464 e. The number of rotatable bonds is 4. The zero-order valence-corrected chi connectivity index (χ0v) is 11.8. The Kier molecular flexibility index (Phi) is 4.09. The van der Waals surface area contributed by atoms with E-state index in [1.165, 1.54) is 7.11 Å². The molecule has 1 aliphatic heterocycles. The molecule has 1 saturated heterocycles. The number of anilines is 1. The number of hydrogen-bond acceptors (Lipinski definition) is 5. The molecule has 2 rings (SSSR count). The summed E-state index contributed by atoms with van der Waals surface area (Å²) >= 11 is 0. The summed E-state index contributed by atoms with van der Waals surface area (Å²) in [6, 6.07) is 0.579. The Balaban J connectivity index is 2.01. The van der Waals surface area contributed by atoms with Crippen LogP contribution in [0.15, 0.2) is 6.33 Å². The standard InChI is InChI=1S/C13H22N4O2/c1-9(2)16-5-4-10(6-16)7-17-8-15-11(12(17)14)13(18)19-3/h8-10H,4-7,14H2,1-3H3. The van der Waals surface area contributed by atoms with Gasteiger partial charge in [-0.25, -0.2) is 9.78 Å². The summed E-state index contributed by atoms with van der Waals surface area (Å²) < 4.78 is 6.49. The van der Waals surface area contributed by atoms with Gasteiger partial charge < -0.3 is 19.9 Å². The van der Waals surface area contributed by atoms with Gasteiger partial charge in [-0.2, -0.15) is 0 Å². The summed E-state index contributed by atoms with van der Waals surface area (Å²) in [6.07, 6.45) is 2.78. The van der Waals surface area contributed by atoms with Crippen molar-refractivity contribution in [1.82, 2.24) is 14.5 Å². The van der Waals surface area contributed by atoms with Crippen LogP contribution in [0.2, 0.25) is 0 Å². The molecule has 1 atom stereocenters. The van der Waals surface area contributed by atoms with Crippen LogP contribution in [0, 0.1) is 5.92 Å². The van der Waals surface area contributed by atoms with Gasteiger partial charge in [0.05, 0.1) is 13.4 Å². The highest BCUT2D eigenvalue weighted by atomic mass is 16.5. The molecule has 0 aromatic carbocycles. The van der Waals surface area contributed by atoms with Crippen LogP contribution >= 0.6 is 0 Å². The van der Waals surface area contributed by atoms with Crippen LogP contribution in [-0.2, 0) is 11.3 Å². The number of nitrogen functional groups attached to an aromatic ring is 1. The Morgan fingerprint density at radius 3 is 2.95 bits per heavy atom. The van der Waals surface area contributed by atoms with Crippen LogP contribution in [0.5, 0.6) is 0 Å². The van der Waals surface area contributed by atoms with Crippen molar-refractivity contribution in [3.63, 3.8) is 0 Å². The Bertz CT molecular complexity index is 455. The SMILES string of the molecule is COC(=O)c1ncn(CC2CCN(C(C)C)C2)c1N. The van der Waals surface area contributed by atoms with Gasteiger partial charge in [-0.3, -0.25) is 0 Å². The highest BCUT2D eigenvalue weighted by Gasteiger charge is 2.25. The van der Waals surface area contributed by atoms with Crippen LogP contribution in [0.1, 0.15) is 30.8 Å². The largest absolute Gasteiger partial charge is 0.464 e. The lowest BCUT2D eigenvalue weighted by Crippen LogP contribution is -2.28. The fraction of sp³-hybridized carbons (Fsp3) is 0.692. The van der Waals surface area contributed by atoms with Crippen molar-refractivity contribution in [1.29, 1.82) is 0 Å². The van der Waals surface area contributed by atoms with Crippen molar-refractivity contribution >= 4 is 11.8 Å². The minimum absolute atomic E-state index is 0.209. The fourth-order valence-corrected chi connectivity index (χ4v) is 2.55. The maximum absolute atomic E-state index is 11.4. The van der Waals surface area contributed by atoms with Crippen molar-refractivity contribution in [3.05, 3.63) is 12.0 Å². The number of nitrogens with two attached hydrogens (primary N) is 1. The van der Waals surface area contributed by atoms with Crippen LogP contribution in [0.4, 0.5) is 5.82 Å². The smallest absolute Gasteiger partial charge is 0.360 e. The van der Waals surface area contributed by atoms with E-state index in [9.17, 15) is 4.79 Å². The highest BCUT2D eigenvalue weighted by Crippen LogP contribution is 2.22. The van der Waals surface area contributed by atoms with Gasteiger partial charge in [0.25, 0.3) is 0 Å². The first-order valence-electron chi connectivity index (χ1n) is 6.66. The third-order valence-electron chi connectivity index (χ3n) is 3.76. The third kappa shape index (κ3) is 2.89. The molecule has 0 saturated carbocycles. The fourth-order valence-electron chi connectivity index (χ4n) is 2.55. The molecule has 1 unspecified atom stereocenters. The molecule has 0 amide bonds. The van der Waals surface area contributed by atoms with Gasteiger partial charge in [0.1, 0.15) is 5.82 Å². The average Bonchev–Trinajstić information content (AvgIpc) is 2.98. The maximum atomic E-state index is 11.4. The Morgan fingerprint density at radius 2 is 2.37 bits per heavy atom. The predicted molar refractivity (Wildman–Crippen MR) is 72.8 cm³/mol. The summed E-state index contributed by atoms with van der Waals surface area (Å²) in [6.45, 7) is 7.43. The Hall–Kier alpha value is -1.56. The van der Waals surface area contributed by atoms with Gasteiger partial charge in [-0.05, 0) is 32.7 Å². The first kappa shape index (κ1) is 13.9. The van der Waals surface area contributed by atoms with Crippen molar-refractivity contribution in [2.45, 2.75) is 32.9 Å². The number of imidazole rings is 1. The molecule has 0 aliphatic carbocycles. The number of likely N-dealkylation sites (tertiary alicyclic amines) is 1. The number of methoxy groups -OCH3 is 1. The van der Waals surface area contributed by atoms with E-state index in [1.54, 1.807) is 6.33 Å². The quantitative estimate of drug-likeness (QED) is 0.822. The lowest BCUT2D eigenvalue weighted by atomic mass is 10.1. The predicted octanol–water partition coefficient (Wildman–Crippen LogP) is 0.982. The molecule has 2 heterocycles. The van der Waals surface area contributed by atoms with E-state index in [0.29, 0.717) is 17.8 Å². The van der Waals surface area contributed by atoms with E-state index >= 15 is 0 Å². The topological polar surface area (TPSA) is 73.4 Å². The van der Waals surface area contributed by atoms with E-state index in [1.807, 2.05) is 4.57 Å². The molecule has 106 valence electrons. The van der Waals surface area contributed by atoms with Crippen molar-refractivity contribution < 1.29 is 9.53 Å². The number of aromatic nitrogens is 2. The Morgan fingerprint density at radius 1 is 1.63 bits per heavy atom. The molecule has 1 aromatic rings. The molecule has 6 heteroatoms. The number of carbonyl (C=O) groups excluding carboxylic acids is 1. The van der Waals surface area contributed by atoms with Crippen molar-refractivity contribution in [2.24, 2.45) is 5.92 Å². The zero-order chi connectivity index (χ0) is 14.0. The Labute approximate surface area is 113 Å². The average molecular weight is 266 g/mol. The van der Waals surface area contributed by atoms with Crippen molar-refractivity contribution in [3.8, 4) is 0 Å². The monoisotopic (exact) mass is 266 g/mol. The number of carbonyl (C=O) groups is 1. The summed E-state index contributed by atoms with van der Waals surface area (Å²) in [4.78, 5) is 17.9. The van der Waals surface area contributed by atoms with Gasteiger partial charge in [-0.15, -0.1) is 0 Å². The second-order valence-corrected chi connectivity index (χ2v) is 5.37. The molecule has 0 bridgehead atoms. The third-order valence-corrected chi connectivity index (χ3v) is 3.76. The van der Waals surface area contributed by atoms with E-state index < -0.39 is 5.97 Å². The molecule has 19 heavy (non-hydrogen) atoms. The molecule has 0 spiro atoms. The number of esters is 1. The number of ether oxygens (including phenoxy) is 1. The van der Waals surface area contributed by atoms with Crippen LogP contribution in [0.3, 0.4) is 0 Å². The van der Waals surface area contributed by atoms with Crippen LogP contribution in [-0.4, -0.2) is 46.7 Å². The van der Waals surface area contributed by atoms with Gasteiger partial charge in [0.2, 0.25) is 0 Å².